The Hall–Kier alpha value is -1.32. The third kappa shape index (κ3) is 4.25. The summed E-state index contributed by atoms with van der Waals surface area (Å²) in [6, 6.07) is 8.18. The minimum absolute atomic E-state index is 0.142. The van der Waals surface area contributed by atoms with Crippen molar-refractivity contribution in [3.8, 4) is 5.75 Å². The number of benzene rings is 1. The zero-order chi connectivity index (χ0) is 19.6. The first-order chi connectivity index (χ1) is 12.8. The second kappa shape index (κ2) is 8.36. The zero-order valence-electron chi connectivity index (χ0n) is 17.9. The summed E-state index contributed by atoms with van der Waals surface area (Å²) in [6.45, 7) is 12.7. The van der Waals surface area contributed by atoms with Crippen molar-refractivity contribution in [3.63, 3.8) is 0 Å². The van der Waals surface area contributed by atoms with Crippen LogP contribution in [0.4, 0.5) is 0 Å². The van der Waals surface area contributed by atoms with Crippen LogP contribution in [0.25, 0.3) is 6.08 Å². The molecule has 2 aliphatic rings. The predicted octanol–water partition coefficient (Wildman–Crippen LogP) is 5.61. The van der Waals surface area contributed by atoms with Gasteiger partial charge in [0.05, 0.1) is 13.2 Å². The number of hydrogen-bond acceptors (Lipinski definition) is 3. The number of ether oxygens (including phenoxy) is 2. The Balaban J connectivity index is 1.80. The van der Waals surface area contributed by atoms with Gasteiger partial charge in [0, 0.05) is 23.6 Å². The number of methoxy groups -OCH3 is 1. The molecule has 0 aromatic heterocycles. The van der Waals surface area contributed by atoms with Crippen molar-refractivity contribution in [2.24, 2.45) is 17.8 Å². The van der Waals surface area contributed by atoms with Crippen molar-refractivity contribution in [2.45, 2.75) is 71.8 Å². The van der Waals surface area contributed by atoms with Crippen LogP contribution in [0.1, 0.15) is 59.4 Å². The SMILES string of the molecule is COc1ccccc1/C=C/CN1[C@H](C(C)C)O[C@@H]2C[C@H](C)CC[C@H]2C1(C)C. The van der Waals surface area contributed by atoms with E-state index in [2.05, 4.69) is 63.8 Å². The molecule has 0 bridgehead atoms. The first-order valence-corrected chi connectivity index (χ1v) is 10.6. The fraction of sp³-hybridized carbons (Fsp3) is 0.667. The maximum absolute atomic E-state index is 6.69. The molecule has 3 nitrogen and oxygen atoms in total. The number of fused-ring (bicyclic) bond motifs is 1. The summed E-state index contributed by atoms with van der Waals surface area (Å²) in [5, 5.41) is 0. The highest BCUT2D eigenvalue weighted by Crippen LogP contribution is 2.46. The van der Waals surface area contributed by atoms with E-state index in [1.807, 2.05) is 12.1 Å². The minimum Gasteiger partial charge on any atom is -0.496 e. The molecule has 1 aromatic carbocycles. The second-order valence-electron chi connectivity index (χ2n) is 9.28. The molecule has 1 saturated heterocycles. The largest absolute Gasteiger partial charge is 0.496 e. The third-order valence-corrected chi connectivity index (χ3v) is 6.63. The van der Waals surface area contributed by atoms with Crippen molar-refractivity contribution in [3.05, 3.63) is 35.9 Å². The highest BCUT2D eigenvalue weighted by molar-refractivity contribution is 5.57. The highest BCUT2D eigenvalue weighted by atomic mass is 16.5. The molecule has 1 aliphatic carbocycles. The van der Waals surface area contributed by atoms with Crippen LogP contribution >= 0.6 is 0 Å². The number of hydrogen-bond donors (Lipinski definition) is 0. The molecule has 1 aromatic rings. The molecule has 3 heteroatoms. The number of rotatable bonds is 5. The zero-order valence-corrected chi connectivity index (χ0v) is 17.9. The van der Waals surface area contributed by atoms with Crippen LogP contribution < -0.4 is 4.74 Å². The lowest BCUT2D eigenvalue weighted by Crippen LogP contribution is -2.65. The number of nitrogens with zero attached hydrogens (tertiary/aromatic N) is 1. The lowest BCUT2D eigenvalue weighted by Gasteiger charge is -2.58. The lowest BCUT2D eigenvalue weighted by molar-refractivity contribution is -0.243. The standard InChI is InChI=1S/C24H37NO2/c1-17(2)23-25(15-9-11-19-10-7-8-12-21(19)26-6)24(4,5)20-14-13-18(3)16-22(20)27-23/h7-12,17-18,20,22-23H,13-16H2,1-6H3/b11-9+/t18-,20-,22-,23+/m1/s1. The van der Waals surface area contributed by atoms with Crippen molar-refractivity contribution in [1.82, 2.24) is 4.90 Å². The summed E-state index contributed by atoms with van der Waals surface area (Å²) in [5.41, 5.74) is 1.27. The molecule has 27 heavy (non-hydrogen) atoms. The normalized spacial score (nSPS) is 31.2. The first-order valence-electron chi connectivity index (χ1n) is 10.6. The molecule has 1 saturated carbocycles. The van der Waals surface area contributed by atoms with E-state index in [9.17, 15) is 0 Å². The monoisotopic (exact) mass is 371 g/mol. The molecule has 0 amide bonds. The van der Waals surface area contributed by atoms with Crippen molar-refractivity contribution in [2.75, 3.05) is 13.7 Å². The molecule has 3 rings (SSSR count). The second-order valence-corrected chi connectivity index (χ2v) is 9.28. The molecule has 1 aliphatic heterocycles. The van der Waals surface area contributed by atoms with E-state index in [0.717, 1.165) is 23.8 Å². The highest BCUT2D eigenvalue weighted by Gasteiger charge is 2.50. The van der Waals surface area contributed by atoms with Crippen LogP contribution in [-0.2, 0) is 4.74 Å². The molecule has 0 N–H and O–H groups in total. The van der Waals surface area contributed by atoms with Gasteiger partial charge in [0.15, 0.2) is 0 Å². The summed E-state index contributed by atoms with van der Waals surface area (Å²) in [4.78, 5) is 2.58. The molecular weight excluding hydrogens is 334 g/mol. The van der Waals surface area contributed by atoms with Gasteiger partial charge in [-0.1, -0.05) is 57.5 Å². The Morgan fingerprint density at radius 2 is 2.00 bits per heavy atom. The predicted molar refractivity (Wildman–Crippen MR) is 113 cm³/mol. The summed E-state index contributed by atoms with van der Waals surface area (Å²) in [5.74, 6) is 2.79. The van der Waals surface area contributed by atoms with Gasteiger partial charge in [0.2, 0.25) is 0 Å². The van der Waals surface area contributed by atoms with Gasteiger partial charge in [-0.2, -0.15) is 0 Å². The van der Waals surface area contributed by atoms with E-state index in [0.29, 0.717) is 17.9 Å². The summed E-state index contributed by atoms with van der Waals surface area (Å²) >= 11 is 0. The van der Waals surface area contributed by atoms with Crippen molar-refractivity contribution in [1.29, 1.82) is 0 Å². The van der Waals surface area contributed by atoms with E-state index in [1.54, 1.807) is 7.11 Å². The van der Waals surface area contributed by atoms with E-state index in [4.69, 9.17) is 9.47 Å². The van der Waals surface area contributed by atoms with Crippen LogP contribution in [0, 0.1) is 17.8 Å². The smallest absolute Gasteiger partial charge is 0.126 e. The van der Waals surface area contributed by atoms with E-state index < -0.39 is 0 Å². The average Bonchev–Trinajstić information content (AvgIpc) is 2.63. The van der Waals surface area contributed by atoms with Gasteiger partial charge in [-0.15, -0.1) is 0 Å². The molecule has 0 radical (unpaired) electrons. The van der Waals surface area contributed by atoms with Crippen LogP contribution in [0.3, 0.4) is 0 Å². The average molecular weight is 372 g/mol. The third-order valence-electron chi connectivity index (χ3n) is 6.63. The Bertz CT molecular complexity index is 652. The maximum Gasteiger partial charge on any atom is 0.126 e. The van der Waals surface area contributed by atoms with E-state index >= 15 is 0 Å². The topological polar surface area (TPSA) is 21.7 Å². The van der Waals surface area contributed by atoms with Gasteiger partial charge in [-0.05, 0) is 44.6 Å². The van der Waals surface area contributed by atoms with Crippen LogP contribution in [0.2, 0.25) is 0 Å². The molecular formula is C24H37NO2. The molecule has 150 valence electrons. The molecule has 4 atom stereocenters. The van der Waals surface area contributed by atoms with Crippen molar-refractivity contribution < 1.29 is 9.47 Å². The van der Waals surface area contributed by atoms with Crippen LogP contribution in [0.5, 0.6) is 5.75 Å². The van der Waals surface area contributed by atoms with Crippen LogP contribution in [0.15, 0.2) is 30.3 Å². The fourth-order valence-electron chi connectivity index (χ4n) is 5.03. The summed E-state index contributed by atoms with van der Waals surface area (Å²) in [6.07, 6.45) is 8.84. The first kappa shape index (κ1) is 20.4. The van der Waals surface area contributed by atoms with Crippen molar-refractivity contribution >= 4 is 6.08 Å². The van der Waals surface area contributed by atoms with Gasteiger partial charge in [-0.25, -0.2) is 0 Å². The lowest BCUT2D eigenvalue weighted by atomic mass is 9.69. The van der Waals surface area contributed by atoms with Gasteiger partial charge < -0.3 is 9.47 Å². The summed E-state index contributed by atoms with van der Waals surface area (Å²) in [7, 11) is 1.73. The van der Waals surface area contributed by atoms with Gasteiger partial charge in [0.25, 0.3) is 0 Å². The van der Waals surface area contributed by atoms with Gasteiger partial charge >= 0.3 is 0 Å². The molecule has 0 spiro atoms. The number of para-hydroxylation sites is 1. The Labute approximate surface area is 165 Å². The maximum atomic E-state index is 6.69. The van der Waals surface area contributed by atoms with Crippen LogP contribution in [-0.4, -0.2) is 36.4 Å². The Morgan fingerprint density at radius 1 is 1.26 bits per heavy atom. The molecule has 1 heterocycles. The van der Waals surface area contributed by atoms with Gasteiger partial charge in [-0.3, -0.25) is 4.90 Å². The minimum atomic E-state index is 0.142. The Kier molecular flexibility index (Phi) is 6.32. The molecule has 0 unspecified atom stereocenters. The van der Waals surface area contributed by atoms with Gasteiger partial charge in [0.1, 0.15) is 12.0 Å². The molecule has 2 fully saturated rings. The Morgan fingerprint density at radius 3 is 2.70 bits per heavy atom. The quantitative estimate of drug-likeness (QED) is 0.672. The summed E-state index contributed by atoms with van der Waals surface area (Å²) < 4.78 is 12.2. The van der Waals surface area contributed by atoms with E-state index in [-0.39, 0.29) is 11.8 Å². The fourth-order valence-corrected chi connectivity index (χ4v) is 5.03. The van der Waals surface area contributed by atoms with E-state index in [1.165, 1.54) is 19.3 Å².